The third-order valence-electron chi connectivity index (χ3n) is 2.85. The van der Waals surface area contributed by atoms with Crippen molar-refractivity contribution in [2.24, 2.45) is 0 Å². The first kappa shape index (κ1) is 12.5. The first-order valence-corrected chi connectivity index (χ1v) is 7.40. The van der Waals surface area contributed by atoms with Crippen molar-refractivity contribution in [3.63, 3.8) is 0 Å². The third kappa shape index (κ3) is 3.52. The fourth-order valence-corrected chi connectivity index (χ4v) is 2.29. The molecule has 1 aliphatic carbocycles. The monoisotopic (exact) mass is 258 g/mol. The van der Waals surface area contributed by atoms with Crippen LogP contribution in [0.3, 0.4) is 0 Å². The maximum absolute atomic E-state index is 11.2. The predicted molar refractivity (Wildman–Crippen MR) is 65.1 cm³/mol. The van der Waals surface area contributed by atoms with Crippen LogP contribution in [0, 0.1) is 0 Å². The van der Waals surface area contributed by atoms with Gasteiger partial charge in [0.1, 0.15) is 0 Å². The maximum atomic E-state index is 11.2. The van der Waals surface area contributed by atoms with E-state index in [0.717, 1.165) is 5.69 Å². The molecule has 2 rings (SSSR count). The van der Waals surface area contributed by atoms with E-state index in [1.807, 2.05) is 12.5 Å². The highest BCUT2D eigenvalue weighted by atomic mass is 32.2. The van der Waals surface area contributed by atoms with Crippen molar-refractivity contribution in [3.8, 4) is 0 Å². The fraction of sp³-hybridized carbons (Fsp3) is 0.700. The van der Waals surface area contributed by atoms with Gasteiger partial charge in [0.25, 0.3) is 0 Å². The average Bonchev–Trinajstić information content (AvgIpc) is 3.05. The molecule has 96 valence electrons. The summed E-state index contributed by atoms with van der Waals surface area (Å²) in [5.74, 6) is 0.0983. The van der Waals surface area contributed by atoms with Crippen molar-refractivity contribution < 1.29 is 8.42 Å². The van der Waals surface area contributed by atoms with Gasteiger partial charge in [-0.25, -0.2) is 18.1 Å². The molecule has 0 unspecified atom stereocenters. The molecule has 0 aliphatic heterocycles. The predicted octanol–water partition coefficient (Wildman–Crippen LogP) is -0.143. The summed E-state index contributed by atoms with van der Waals surface area (Å²) >= 11 is 0. The Morgan fingerprint density at radius 3 is 2.94 bits per heavy atom. The van der Waals surface area contributed by atoms with Crippen molar-refractivity contribution in [3.05, 3.63) is 18.2 Å². The minimum atomic E-state index is -3.11. The lowest BCUT2D eigenvalue weighted by Crippen LogP contribution is -2.29. The van der Waals surface area contributed by atoms with E-state index in [2.05, 4.69) is 19.6 Å². The molecular weight excluding hydrogens is 240 g/mol. The van der Waals surface area contributed by atoms with E-state index in [1.165, 1.54) is 19.9 Å². The third-order valence-corrected chi connectivity index (χ3v) is 4.21. The summed E-state index contributed by atoms with van der Waals surface area (Å²) in [7, 11) is -1.68. The molecule has 0 radical (unpaired) electrons. The van der Waals surface area contributed by atoms with Crippen molar-refractivity contribution in [2.75, 3.05) is 19.3 Å². The first-order valence-electron chi connectivity index (χ1n) is 5.75. The van der Waals surface area contributed by atoms with Gasteiger partial charge in [-0.1, -0.05) is 0 Å². The number of nitrogens with one attached hydrogen (secondary N) is 2. The molecule has 0 aromatic carbocycles. The second-order valence-electron chi connectivity index (χ2n) is 4.22. The Labute approximate surface area is 101 Å². The van der Waals surface area contributed by atoms with Crippen molar-refractivity contribution in [1.82, 2.24) is 19.6 Å². The zero-order valence-electron chi connectivity index (χ0n) is 9.89. The van der Waals surface area contributed by atoms with Gasteiger partial charge in [0.2, 0.25) is 10.0 Å². The summed E-state index contributed by atoms with van der Waals surface area (Å²) in [4.78, 5) is 4.12. The molecule has 0 bridgehead atoms. The second-order valence-corrected chi connectivity index (χ2v) is 6.27. The smallest absolute Gasteiger partial charge is 0.212 e. The molecule has 1 aromatic heterocycles. The zero-order valence-corrected chi connectivity index (χ0v) is 10.7. The van der Waals surface area contributed by atoms with E-state index in [0.29, 0.717) is 19.1 Å². The van der Waals surface area contributed by atoms with E-state index >= 15 is 0 Å². The lowest BCUT2D eigenvalue weighted by Gasteiger charge is -2.08. The highest BCUT2D eigenvalue weighted by Crippen LogP contribution is 2.35. The van der Waals surface area contributed by atoms with Crippen molar-refractivity contribution in [1.29, 1.82) is 0 Å². The Morgan fingerprint density at radius 2 is 2.29 bits per heavy atom. The Hall–Kier alpha value is -0.920. The van der Waals surface area contributed by atoms with Crippen LogP contribution in [0.2, 0.25) is 0 Å². The number of hydrogen-bond acceptors (Lipinski definition) is 4. The van der Waals surface area contributed by atoms with Gasteiger partial charge in [-0.15, -0.1) is 0 Å². The lowest BCUT2D eigenvalue weighted by molar-refractivity contribution is 0.580. The number of hydrogen-bond donors (Lipinski definition) is 2. The van der Waals surface area contributed by atoms with Crippen molar-refractivity contribution in [2.45, 2.75) is 25.4 Å². The minimum absolute atomic E-state index is 0.0983. The first-order chi connectivity index (χ1) is 8.12. The number of imidazole rings is 1. The fourth-order valence-electron chi connectivity index (χ4n) is 1.68. The summed E-state index contributed by atoms with van der Waals surface area (Å²) in [6.45, 7) is 1.11. The van der Waals surface area contributed by atoms with Crippen LogP contribution in [0.4, 0.5) is 0 Å². The van der Waals surface area contributed by atoms with Crippen molar-refractivity contribution >= 4 is 10.0 Å². The molecule has 1 fully saturated rings. The molecule has 1 aliphatic rings. The van der Waals surface area contributed by atoms with Crippen LogP contribution in [0.1, 0.15) is 24.6 Å². The van der Waals surface area contributed by atoms with Crippen LogP contribution < -0.4 is 10.0 Å². The second kappa shape index (κ2) is 5.16. The van der Waals surface area contributed by atoms with Crippen LogP contribution in [0.25, 0.3) is 0 Å². The summed E-state index contributed by atoms with van der Waals surface area (Å²) in [5, 5.41) is 3.12. The molecule has 1 aromatic rings. The van der Waals surface area contributed by atoms with Gasteiger partial charge in [-0.2, -0.15) is 0 Å². The minimum Gasteiger partial charge on any atom is -0.330 e. The largest absolute Gasteiger partial charge is 0.330 e. The van der Waals surface area contributed by atoms with E-state index < -0.39 is 10.0 Å². The van der Waals surface area contributed by atoms with E-state index in [9.17, 15) is 8.42 Å². The zero-order chi connectivity index (χ0) is 12.3. The molecule has 1 saturated carbocycles. The van der Waals surface area contributed by atoms with Crippen LogP contribution in [0.15, 0.2) is 12.5 Å². The molecule has 6 nitrogen and oxygen atoms in total. The van der Waals surface area contributed by atoms with Gasteiger partial charge in [0.15, 0.2) is 0 Å². The summed E-state index contributed by atoms with van der Waals surface area (Å²) in [6, 6.07) is 0.607. The standard InChI is InChI=1S/C10H18N4O2S/c1-11-17(15,16)5-4-12-6-10-7-13-8-14(10)9-2-3-9/h7-9,11-12H,2-6H2,1H3. The number of nitrogens with zero attached hydrogens (tertiary/aromatic N) is 2. The van der Waals surface area contributed by atoms with Crippen LogP contribution >= 0.6 is 0 Å². The Balaban J connectivity index is 1.76. The Kier molecular flexibility index (Phi) is 3.80. The normalized spacial score (nSPS) is 16.3. The molecule has 17 heavy (non-hydrogen) atoms. The number of sulfonamides is 1. The van der Waals surface area contributed by atoms with E-state index in [1.54, 1.807) is 0 Å². The molecule has 0 amide bonds. The van der Waals surface area contributed by atoms with Gasteiger partial charge >= 0.3 is 0 Å². The molecule has 1 heterocycles. The highest BCUT2D eigenvalue weighted by Gasteiger charge is 2.24. The summed E-state index contributed by atoms with van der Waals surface area (Å²) < 4.78 is 26.8. The number of aromatic nitrogens is 2. The van der Waals surface area contributed by atoms with E-state index in [4.69, 9.17) is 0 Å². The van der Waals surface area contributed by atoms with Gasteiger partial charge in [-0.05, 0) is 19.9 Å². The summed E-state index contributed by atoms with van der Waals surface area (Å²) in [6.07, 6.45) is 6.12. The topological polar surface area (TPSA) is 76.0 Å². The van der Waals surface area contributed by atoms with Crippen LogP contribution in [-0.4, -0.2) is 37.3 Å². The van der Waals surface area contributed by atoms with Crippen LogP contribution in [0.5, 0.6) is 0 Å². The molecule has 0 atom stereocenters. The Bertz CT molecular complexity index is 464. The lowest BCUT2D eigenvalue weighted by atomic mass is 10.4. The van der Waals surface area contributed by atoms with Gasteiger partial charge in [0, 0.05) is 25.3 Å². The van der Waals surface area contributed by atoms with Gasteiger partial charge in [0.05, 0.1) is 17.8 Å². The molecule has 7 heteroatoms. The molecule has 2 N–H and O–H groups in total. The molecule has 0 spiro atoms. The average molecular weight is 258 g/mol. The quantitative estimate of drug-likeness (QED) is 0.667. The highest BCUT2D eigenvalue weighted by molar-refractivity contribution is 7.89. The van der Waals surface area contributed by atoms with Gasteiger partial charge in [-0.3, -0.25) is 0 Å². The van der Waals surface area contributed by atoms with Crippen LogP contribution in [-0.2, 0) is 16.6 Å². The Morgan fingerprint density at radius 1 is 1.53 bits per heavy atom. The number of rotatable bonds is 7. The SMILES string of the molecule is CNS(=O)(=O)CCNCc1cncn1C1CC1. The molecular formula is C10H18N4O2S. The van der Waals surface area contributed by atoms with E-state index in [-0.39, 0.29) is 5.75 Å². The van der Waals surface area contributed by atoms with Gasteiger partial charge < -0.3 is 9.88 Å². The maximum Gasteiger partial charge on any atom is 0.212 e. The summed E-state index contributed by atoms with van der Waals surface area (Å²) in [5.41, 5.74) is 1.12. The molecule has 0 saturated heterocycles.